The summed E-state index contributed by atoms with van der Waals surface area (Å²) in [5, 5.41) is 9.84. The first-order chi connectivity index (χ1) is 11.9. The molecule has 0 fully saturated rings. The molecule has 0 saturated carbocycles. The summed E-state index contributed by atoms with van der Waals surface area (Å²) < 4.78 is 0. The van der Waals surface area contributed by atoms with E-state index in [0.29, 0.717) is 0 Å². The molecular formula is C19H13N5. The fourth-order valence-electron chi connectivity index (χ4n) is 3.03. The van der Waals surface area contributed by atoms with E-state index < -0.39 is 0 Å². The van der Waals surface area contributed by atoms with Crippen molar-refractivity contribution in [2.75, 3.05) is 0 Å². The van der Waals surface area contributed by atoms with E-state index in [0.717, 1.165) is 39.1 Å². The lowest BCUT2D eigenvalue weighted by molar-refractivity contribution is 1.12. The van der Waals surface area contributed by atoms with Crippen LogP contribution in [0.4, 0.5) is 0 Å². The van der Waals surface area contributed by atoms with Gasteiger partial charge in [0.25, 0.3) is 0 Å². The average Bonchev–Trinajstić information content (AvgIpc) is 3.25. The number of hydrogen-bond donors (Lipinski definition) is 2. The molecule has 2 aromatic carbocycles. The van der Waals surface area contributed by atoms with Crippen LogP contribution in [0.2, 0.25) is 0 Å². The van der Waals surface area contributed by atoms with Crippen molar-refractivity contribution >= 4 is 21.8 Å². The predicted octanol–water partition coefficient (Wildman–Crippen LogP) is 4.17. The Morgan fingerprint density at radius 2 is 1.83 bits per heavy atom. The first kappa shape index (κ1) is 13.0. The lowest BCUT2D eigenvalue weighted by Crippen LogP contribution is -1.84. The fourth-order valence-corrected chi connectivity index (χ4v) is 3.03. The number of benzene rings is 2. The second-order valence-corrected chi connectivity index (χ2v) is 5.69. The summed E-state index contributed by atoms with van der Waals surface area (Å²) >= 11 is 0. The molecular weight excluding hydrogens is 298 g/mol. The van der Waals surface area contributed by atoms with Crippen molar-refractivity contribution in [2.24, 2.45) is 0 Å². The first-order valence-corrected chi connectivity index (χ1v) is 7.71. The molecule has 0 spiro atoms. The zero-order chi connectivity index (χ0) is 15.9. The Morgan fingerprint density at radius 1 is 0.875 bits per heavy atom. The van der Waals surface area contributed by atoms with E-state index in [1.165, 1.54) is 5.39 Å². The fraction of sp³-hybridized carbons (Fsp3) is 0. The molecule has 5 aromatic rings. The largest absolute Gasteiger partial charge is 0.353 e. The number of nitrogens with one attached hydrogen (secondary N) is 2. The number of aromatic amines is 2. The van der Waals surface area contributed by atoms with Crippen LogP contribution in [0, 0.1) is 0 Å². The van der Waals surface area contributed by atoms with Crippen LogP contribution in [0.1, 0.15) is 0 Å². The highest BCUT2D eigenvalue weighted by Gasteiger charge is 2.12. The molecule has 2 N–H and O–H groups in total. The average molecular weight is 311 g/mol. The highest BCUT2D eigenvalue weighted by atomic mass is 15.1. The molecule has 3 aromatic heterocycles. The highest BCUT2D eigenvalue weighted by Crippen LogP contribution is 2.31. The van der Waals surface area contributed by atoms with E-state index in [4.69, 9.17) is 0 Å². The summed E-state index contributed by atoms with van der Waals surface area (Å²) in [6.07, 6.45) is 5.15. The van der Waals surface area contributed by atoms with Crippen LogP contribution in [0.3, 0.4) is 0 Å². The van der Waals surface area contributed by atoms with E-state index >= 15 is 0 Å². The van der Waals surface area contributed by atoms with Gasteiger partial charge in [-0.15, -0.1) is 0 Å². The molecule has 114 valence electrons. The number of aromatic nitrogens is 5. The lowest BCUT2D eigenvalue weighted by atomic mass is 10.1. The summed E-state index contributed by atoms with van der Waals surface area (Å²) in [7, 11) is 0. The lowest BCUT2D eigenvalue weighted by Gasteiger charge is -2.00. The minimum atomic E-state index is 0.850. The topological polar surface area (TPSA) is 70.2 Å². The Bertz CT molecular complexity index is 1120. The minimum absolute atomic E-state index is 0.850. The van der Waals surface area contributed by atoms with Crippen molar-refractivity contribution < 1.29 is 0 Å². The third-order valence-electron chi connectivity index (χ3n) is 4.21. The summed E-state index contributed by atoms with van der Waals surface area (Å²) in [6.45, 7) is 0. The smallest absolute Gasteiger partial charge is 0.116 e. The maximum atomic E-state index is 4.50. The summed E-state index contributed by atoms with van der Waals surface area (Å²) in [4.78, 5) is 12.0. The van der Waals surface area contributed by atoms with Crippen molar-refractivity contribution in [2.45, 2.75) is 0 Å². The molecule has 0 radical (unpaired) electrons. The Kier molecular flexibility index (Phi) is 2.72. The van der Waals surface area contributed by atoms with Gasteiger partial charge in [0.15, 0.2) is 0 Å². The number of H-pyrrole nitrogens is 2. The normalized spacial score (nSPS) is 11.3. The van der Waals surface area contributed by atoms with Crippen LogP contribution in [0.15, 0.2) is 67.1 Å². The van der Waals surface area contributed by atoms with Gasteiger partial charge in [-0.1, -0.05) is 24.3 Å². The third-order valence-corrected chi connectivity index (χ3v) is 4.21. The quantitative estimate of drug-likeness (QED) is 0.514. The third kappa shape index (κ3) is 1.99. The van der Waals surface area contributed by atoms with Crippen molar-refractivity contribution in [1.29, 1.82) is 0 Å². The Hall–Kier alpha value is -3.47. The monoisotopic (exact) mass is 311 g/mol. The molecule has 0 bridgehead atoms. The molecule has 5 heteroatoms. The van der Waals surface area contributed by atoms with Crippen LogP contribution in [0.25, 0.3) is 44.5 Å². The van der Waals surface area contributed by atoms with Crippen LogP contribution in [-0.2, 0) is 0 Å². The molecule has 0 amide bonds. The van der Waals surface area contributed by atoms with E-state index in [2.05, 4.69) is 49.4 Å². The van der Waals surface area contributed by atoms with E-state index in [-0.39, 0.29) is 0 Å². The minimum Gasteiger partial charge on any atom is -0.353 e. The van der Waals surface area contributed by atoms with E-state index in [1.54, 1.807) is 18.6 Å². The van der Waals surface area contributed by atoms with Crippen LogP contribution < -0.4 is 0 Å². The van der Waals surface area contributed by atoms with Gasteiger partial charge in [0, 0.05) is 34.2 Å². The number of hydrogen-bond acceptors (Lipinski definition) is 3. The van der Waals surface area contributed by atoms with Crippen molar-refractivity contribution in [3.63, 3.8) is 0 Å². The van der Waals surface area contributed by atoms with Gasteiger partial charge < -0.3 is 4.98 Å². The van der Waals surface area contributed by atoms with Gasteiger partial charge in [-0.3, -0.25) is 15.1 Å². The number of rotatable bonds is 2. The summed E-state index contributed by atoms with van der Waals surface area (Å²) in [5.41, 5.74) is 5.88. The van der Waals surface area contributed by atoms with Gasteiger partial charge in [0.1, 0.15) is 5.69 Å². The molecule has 0 atom stereocenters. The molecule has 5 rings (SSSR count). The molecule has 0 aliphatic carbocycles. The van der Waals surface area contributed by atoms with Crippen molar-refractivity contribution in [3.05, 3.63) is 67.1 Å². The van der Waals surface area contributed by atoms with Gasteiger partial charge in [0.05, 0.1) is 23.1 Å². The van der Waals surface area contributed by atoms with E-state index in [1.807, 2.05) is 24.3 Å². The van der Waals surface area contributed by atoms with Crippen LogP contribution in [0.5, 0.6) is 0 Å². The number of para-hydroxylation sites is 1. The summed E-state index contributed by atoms with van der Waals surface area (Å²) in [6, 6.07) is 16.5. The second-order valence-electron chi connectivity index (χ2n) is 5.69. The predicted molar refractivity (Wildman–Crippen MR) is 94.4 cm³/mol. The van der Waals surface area contributed by atoms with Gasteiger partial charge in [-0.25, -0.2) is 0 Å². The molecule has 0 unspecified atom stereocenters. The standard InChI is InChI=1S/C19H13N5/c1-2-4-15-12(3-1)10-17(22-15)19-14-9-13(5-6-16(14)23-24-19)18-11-20-7-8-21-18/h1-11,22H,(H,23,24). The zero-order valence-corrected chi connectivity index (χ0v) is 12.7. The molecule has 0 saturated heterocycles. The van der Waals surface area contributed by atoms with E-state index in [9.17, 15) is 0 Å². The van der Waals surface area contributed by atoms with Gasteiger partial charge in [0.2, 0.25) is 0 Å². The molecule has 0 aliphatic heterocycles. The molecule has 3 heterocycles. The SMILES string of the molecule is c1ccc2[nH]c(-c3n[nH]c4ccc(-c5cnccn5)cc34)cc2c1. The van der Waals surface area contributed by atoms with Crippen LogP contribution >= 0.6 is 0 Å². The Morgan fingerprint density at radius 3 is 2.71 bits per heavy atom. The van der Waals surface area contributed by atoms with Crippen molar-refractivity contribution in [3.8, 4) is 22.6 Å². The molecule has 24 heavy (non-hydrogen) atoms. The Labute approximate surface area is 137 Å². The van der Waals surface area contributed by atoms with Crippen molar-refractivity contribution in [1.82, 2.24) is 25.1 Å². The van der Waals surface area contributed by atoms with Gasteiger partial charge >= 0.3 is 0 Å². The maximum Gasteiger partial charge on any atom is 0.116 e. The van der Waals surface area contributed by atoms with Crippen LogP contribution in [-0.4, -0.2) is 25.1 Å². The van der Waals surface area contributed by atoms with Gasteiger partial charge in [-0.2, -0.15) is 5.10 Å². The molecule has 5 nitrogen and oxygen atoms in total. The zero-order valence-electron chi connectivity index (χ0n) is 12.7. The Balaban J connectivity index is 1.71. The first-order valence-electron chi connectivity index (χ1n) is 7.71. The summed E-state index contributed by atoms with van der Waals surface area (Å²) in [5.74, 6) is 0. The molecule has 0 aliphatic rings. The maximum absolute atomic E-state index is 4.50. The number of nitrogens with zero attached hydrogens (tertiary/aromatic N) is 3. The second kappa shape index (κ2) is 5.03. The van der Waals surface area contributed by atoms with Gasteiger partial charge in [-0.05, 0) is 24.3 Å². The number of fused-ring (bicyclic) bond motifs is 2. The highest BCUT2D eigenvalue weighted by molar-refractivity contribution is 5.97.